The number of alkyl halides is 3. The van der Waals surface area contributed by atoms with Crippen molar-refractivity contribution in [2.45, 2.75) is 89.0 Å². The summed E-state index contributed by atoms with van der Waals surface area (Å²) in [6.45, 7) is 4.27. The van der Waals surface area contributed by atoms with Crippen molar-refractivity contribution >= 4 is 39.1 Å². The smallest absolute Gasteiger partial charge is 0.404 e. The van der Waals surface area contributed by atoms with Crippen LogP contribution in [0.4, 0.5) is 13.2 Å². The number of likely N-dealkylation sites (tertiary alicyclic amines) is 1. The second-order valence-electron chi connectivity index (χ2n) is 13.0. The SMILES string of the molecule is Cc1cc(-c2cc(Cl)ccc2OCCn2c(C)nc3c(c2=O)C[C@@H](N2CCCC[C@@H]2C(F)(F)F)CC32CC2)c2scc(C(=O)O)c2n1. The van der Waals surface area contributed by atoms with E-state index in [0.717, 1.165) is 30.5 Å². The lowest BCUT2D eigenvalue weighted by Gasteiger charge is -2.45. The predicted octanol–water partition coefficient (Wildman–Crippen LogP) is 7.33. The Kier molecular flexibility index (Phi) is 8.12. The Morgan fingerprint density at radius 3 is 2.68 bits per heavy atom. The first-order chi connectivity index (χ1) is 22.4. The highest BCUT2D eigenvalue weighted by atomic mass is 35.5. The molecule has 3 aromatic heterocycles. The van der Waals surface area contributed by atoms with Crippen LogP contribution in [0, 0.1) is 13.8 Å². The van der Waals surface area contributed by atoms with Gasteiger partial charge < -0.3 is 9.84 Å². The second kappa shape index (κ2) is 11.9. The number of hydrogen-bond donors (Lipinski definition) is 1. The lowest BCUT2D eigenvalue weighted by Crippen LogP contribution is -2.56. The molecule has 248 valence electrons. The summed E-state index contributed by atoms with van der Waals surface area (Å²) in [5.41, 5.74) is 3.32. The Hall–Kier alpha value is -3.48. The van der Waals surface area contributed by atoms with Crippen LogP contribution in [-0.4, -0.2) is 61.9 Å². The third kappa shape index (κ3) is 5.82. The highest BCUT2D eigenvalue weighted by molar-refractivity contribution is 7.18. The van der Waals surface area contributed by atoms with Gasteiger partial charge in [-0.2, -0.15) is 13.2 Å². The van der Waals surface area contributed by atoms with Crippen molar-refractivity contribution in [3.8, 4) is 16.9 Å². The van der Waals surface area contributed by atoms with E-state index >= 15 is 0 Å². The summed E-state index contributed by atoms with van der Waals surface area (Å²) < 4.78 is 50.7. The molecule has 1 saturated carbocycles. The zero-order valence-corrected chi connectivity index (χ0v) is 27.6. The van der Waals surface area contributed by atoms with E-state index in [-0.39, 0.29) is 48.6 Å². The Morgan fingerprint density at radius 1 is 1.17 bits per heavy atom. The van der Waals surface area contributed by atoms with Crippen LogP contribution in [0.2, 0.25) is 5.02 Å². The molecule has 7 rings (SSSR count). The molecule has 13 heteroatoms. The molecule has 0 unspecified atom stereocenters. The summed E-state index contributed by atoms with van der Waals surface area (Å²) in [7, 11) is 0. The summed E-state index contributed by atoms with van der Waals surface area (Å²) in [5, 5.41) is 11.7. The summed E-state index contributed by atoms with van der Waals surface area (Å²) >= 11 is 7.68. The molecule has 2 aliphatic carbocycles. The number of aromatic carboxylic acids is 1. The number of ether oxygens (including phenoxy) is 1. The molecule has 8 nitrogen and oxygen atoms in total. The van der Waals surface area contributed by atoms with Crippen LogP contribution in [0.15, 0.2) is 34.4 Å². The van der Waals surface area contributed by atoms with E-state index < -0.39 is 18.2 Å². The van der Waals surface area contributed by atoms with E-state index in [1.807, 2.05) is 6.07 Å². The highest BCUT2D eigenvalue weighted by Gasteiger charge is 2.55. The van der Waals surface area contributed by atoms with Crippen LogP contribution in [0.3, 0.4) is 0 Å². The first-order valence-electron chi connectivity index (χ1n) is 15.8. The Bertz CT molecular complexity index is 1950. The maximum absolute atomic E-state index is 14.0. The summed E-state index contributed by atoms with van der Waals surface area (Å²) in [5.74, 6) is -0.00311. The minimum absolute atomic E-state index is 0.0953. The molecule has 1 N–H and O–H groups in total. The van der Waals surface area contributed by atoms with E-state index in [1.165, 1.54) is 11.3 Å². The first kappa shape index (κ1) is 32.1. The molecule has 1 saturated heterocycles. The van der Waals surface area contributed by atoms with Crippen LogP contribution in [0.25, 0.3) is 21.3 Å². The zero-order chi connectivity index (χ0) is 33.2. The fourth-order valence-corrected chi connectivity index (χ4v) is 8.77. The molecule has 2 fully saturated rings. The number of aromatic nitrogens is 3. The first-order valence-corrected chi connectivity index (χ1v) is 17.1. The quantitative estimate of drug-likeness (QED) is 0.217. The molecular weight excluding hydrogens is 653 g/mol. The Labute approximate surface area is 278 Å². The van der Waals surface area contributed by atoms with Gasteiger partial charge >= 0.3 is 12.1 Å². The number of aryl methyl sites for hydroxylation is 2. The van der Waals surface area contributed by atoms with Gasteiger partial charge in [0.05, 0.1) is 28.0 Å². The van der Waals surface area contributed by atoms with E-state index in [0.29, 0.717) is 63.0 Å². The van der Waals surface area contributed by atoms with Crippen molar-refractivity contribution in [2.24, 2.45) is 0 Å². The van der Waals surface area contributed by atoms with Crippen molar-refractivity contribution in [1.29, 1.82) is 0 Å². The molecule has 3 aliphatic rings. The van der Waals surface area contributed by atoms with E-state index in [4.69, 9.17) is 21.3 Å². The number of carboxylic acids is 1. The molecule has 2 atom stereocenters. The minimum Gasteiger partial charge on any atom is -0.491 e. The van der Waals surface area contributed by atoms with Crippen molar-refractivity contribution in [2.75, 3.05) is 13.2 Å². The van der Waals surface area contributed by atoms with E-state index in [9.17, 15) is 27.9 Å². The summed E-state index contributed by atoms with van der Waals surface area (Å²) in [6, 6.07) is 5.23. The van der Waals surface area contributed by atoms with Gasteiger partial charge in [0.25, 0.3) is 5.56 Å². The third-order valence-electron chi connectivity index (χ3n) is 9.95. The third-order valence-corrected chi connectivity index (χ3v) is 11.2. The maximum atomic E-state index is 14.0. The van der Waals surface area contributed by atoms with Crippen molar-refractivity contribution in [3.63, 3.8) is 0 Å². The van der Waals surface area contributed by atoms with Gasteiger partial charge in [-0.05, 0) is 83.2 Å². The van der Waals surface area contributed by atoms with Crippen LogP contribution in [0.5, 0.6) is 5.75 Å². The van der Waals surface area contributed by atoms with Crippen molar-refractivity contribution in [3.05, 3.63) is 73.4 Å². The fraction of sp³-hybridized carbons (Fsp3) is 0.471. The molecule has 4 aromatic rings. The zero-order valence-electron chi connectivity index (χ0n) is 26.0. The predicted molar refractivity (Wildman–Crippen MR) is 174 cm³/mol. The minimum atomic E-state index is -4.30. The van der Waals surface area contributed by atoms with Gasteiger partial charge in [-0.3, -0.25) is 19.2 Å². The normalized spacial score (nSPS) is 20.8. The molecule has 1 aliphatic heterocycles. The summed E-state index contributed by atoms with van der Waals surface area (Å²) in [6.07, 6.45) is -0.401. The number of piperidine rings is 1. The number of pyridine rings is 1. The van der Waals surface area contributed by atoms with Crippen molar-refractivity contribution < 1.29 is 27.8 Å². The van der Waals surface area contributed by atoms with Gasteiger partial charge in [0, 0.05) is 44.2 Å². The Morgan fingerprint density at radius 2 is 1.96 bits per heavy atom. The molecular formula is C34H34ClF3N4O4S. The lowest BCUT2D eigenvalue weighted by molar-refractivity contribution is -0.198. The molecule has 0 radical (unpaired) electrons. The van der Waals surface area contributed by atoms with E-state index in [2.05, 4.69) is 4.98 Å². The van der Waals surface area contributed by atoms with Gasteiger partial charge in [-0.25, -0.2) is 9.78 Å². The van der Waals surface area contributed by atoms with Gasteiger partial charge in [0.2, 0.25) is 0 Å². The maximum Gasteiger partial charge on any atom is 0.404 e. The number of carboxylic acid groups (broad SMARTS) is 1. The number of nitrogens with zero attached hydrogens (tertiary/aromatic N) is 4. The molecule has 0 amide bonds. The van der Waals surface area contributed by atoms with Gasteiger partial charge in [-0.1, -0.05) is 18.0 Å². The number of benzene rings is 1. The van der Waals surface area contributed by atoms with Crippen LogP contribution >= 0.6 is 22.9 Å². The van der Waals surface area contributed by atoms with Crippen LogP contribution in [0.1, 0.15) is 71.7 Å². The van der Waals surface area contributed by atoms with Gasteiger partial charge in [0.1, 0.15) is 24.2 Å². The summed E-state index contributed by atoms with van der Waals surface area (Å²) in [4.78, 5) is 36.8. The van der Waals surface area contributed by atoms with Crippen LogP contribution < -0.4 is 10.3 Å². The average Bonchev–Trinajstić information content (AvgIpc) is 3.65. The molecule has 1 spiro atoms. The monoisotopic (exact) mass is 686 g/mol. The Balaban J connectivity index is 1.17. The number of hydrogen-bond acceptors (Lipinski definition) is 7. The lowest BCUT2D eigenvalue weighted by atomic mass is 9.79. The molecule has 0 bridgehead atoms. The number of fused-ring (bicyclic) bond motifs is 3. The molecule has 47 heavy (non-hydrogen) atoms. The largest absolute Gasteiger partial charge is 0.491 e. The van der Waals surface area contributed by atoms with Gasteiger partial charge in [0.15, 0.2) is 0 Å². The molecule has 4 heterocycles. The molecule has 1 aromatic carbocycles. The number of carbonyl (C=O) groups is 1. The topological polar surface area (TPSA) is 97.6 Å². The van der Waals surface area contributed by atoms with Crippen LogP contribution in [-0.2, 0) is 18.4 Å². The van der Waals surface area contributed by atoms with E-state index in [1.54, 1.807) is 46.9 Å². The number of halogens is 4. The van der Waals surface area contributed by atoms with Crippen molar-refractivity contribution in [1.82, 2.24) is 19.4 Å². The van der Waals surface area contributed by atoms with Gasteiger partial charge in [-0.15, -0.1) is 11.3 Å². The standard InChI is InChI=1S/C34H34ClF3N4O4S/c1-18-13-23(29-28(39-18)25(17-47-29)32(44)45)22-14-20(35)6-7-26(22)46-12-11-41-19(2)40-30-24(31(41)43)15-21(16-33(30)8-9-33)42-10-4-3-5-27(42)34(36,37)38/h6-7,13-14,17,21,27H,3-5,8-12,15-16H2,1-2H3,(H,44,45)/t21-,27-/m1/s1. The number of rotatable bonds is 7. The average molecular weight is 687 g/mol. The second-order valence-corrected chi connectivity index (χ2v) is 14.3. The fourth-order valence-electron chi connectivity index (χ4n) is 7.59. The highest BCUT2D eigenvalue weighted by Crippen LogP contribution is 2.55. The number of thiophene rings is 1.